The highest BCUT2D eigenvalue weighted by atomic mass is 16.5. The van der Waals surface area contributed by atoms with Crippen LogP contribution in [0.3, 0.4) is 0 Å². The maximum atomic E-state index is 12.6. The molecule has 3 heteroatoms. The zero-order chi connectivity index (χ0) is 18.8. The van der Waals surface area contributed by atoms with Crippen LogP contribution < -0.4 is 4.74 Å². The number of ether oxygens (including phenoxy) is 1. The van der Waals surface area contributed by atoms with E-state index in [9.17, 15) is 9.90 Å². The highest BCUT2D eigenvalue weighted by molar-refractivity contribution is 5.92. The first-order valence-electron chi connectivity index (χ1n) is 8.82. The van der Waals surface area contributed by atoms with Gasteiger partial charge in [0.05, 0.1) is 5.56 Å². The number of hydrogen-bond acceptors (Lipinski definition) is 3. The van der Waals surface area contributed by atoms with Gasteiger partial charge in [-0.2, -0.15) is 0 Å². The fourth-order valence-electron chi connectivity index (χ4n) is 2.69. The van der Waals surface area contributed by atoms with Crippen LogP contribution in [-0.2, 0) is 5.41 Å². The summed E-state index contributed by atoms with van der Waals surface area (Å²) in [6.45, 7) is 12.2. The Balaban J connectivity index is 2.30. The Morgan fingerprint density at radius 2 is 1.76 bits per heavy atom. The molecule has 0 atom stereocenters. The molecule has 2 aromatic carbocycles. The van der Waals surface area contributed by atoms with Gasteiger partial charge in [-0.15, -0.1) is 0 Å². The number of hydrogen-bond donors (Lipinski definition) is 1. The Bertz CT molecular complexity index is 756. The highest BCUT2D eigenvalue weighted by Gasteiger charge is 2.25. The van der Waals surface area contributed by atoms with Crippen LogP contribution in [0.5, 0.6) is 11.5 Å². The number of rotatable bonds is 5. The molecule has 0 aliphatic heterocycles. The SMILES string of the molecule is CCC(C)(C)c1cc(C(=O)Oc2ccc(C(C)C)cc2)cc(C)c1O. The number of phenolic OH excluding ortho intramolecular Hbond substituents is 1. The molecular weight excluding hydrogens is 312 g/mol. The van der Waals surface area contributed by atoms with Gasteiger partial charge in [0.1, 0.15) is 11.5 Å². The van der Waals surface area contributed by atoms with Gasteiger partial charge in [0, 0.05) is 5.56 Å². The van der Waals surface area contributed by atoms with Crippen molar-refractivity contribution in [2.24, 2.45) is 0 Å². The van der Waals surface area contributed by atoms with E-state index in [0.717, 1.165) is 12.0 Å². The molecule has 0 aliphatic carbocycles. The van der Waals surface area contributed by atoms with E-state index in [1.807, 2.05) is 24.3 Å². The molecule has 2 rings (SSSR count). The van der Waals surface area contributed by atoms with Crippen LogP contribution in [0.4, 0.5) is 0 Å². The summed E-state index contributed by atoms with van der Waals surface area (Å²) in [7, 11) is 0. The van der Waals surface area contributed by atoms with E-state index in [1.165, 1.54) is 5.56 Å². The monoisotopic (exact) mass is 340 g/mol. The molecular formula is C22H28O3. The number of benzene rings is 2. The second-order valence-electron chi connectivity index (χ2n) is 7.54. The molecule has 0 spiro atoms. The predicted octanol–water partition coefficient (Wildman–Crippen LogP) is 5.73. The first-order valence-corrected chi connectivity index (χ1v) is 8.82. The Labute approximate surface area is 150 Å². The fourth-order valence-corrected chi connectivity index (χ4v) is 2.69. The van der Waals surface area contributed by atoms with Gasteiger partial charge in [0.2, 0.25) is 0 Å². The Kier molecular flexibility index (Phi) is 5.56. The third-order valence-electron chi connectivity index (χ3n) is 4.91. The zero-order valence-electron chi connectivity index (χ0n) is 16.0. The van der Waals surface area contributed by atoms with Gasteiger partial charge in [0.15, 0.2) is 0 Å². The van der Waals surface area contributed by atoms with Crippen LogP contribution in [0, 0.1) is 6.92 Å². The average molecular weight is 340 g/mol. The molecule has 0 aliphatic rings. The van der Waals surface area contributed by atoms with E-state index >= 15 is 0 Å². The summed E-state index contributed by atoms with van der Waals surface area (Å²) in [5.74, 6) is 0.804. The van der Waals surface area contributed by atoms with Crippen molar-refractivity contribution in [3.63, 3.8) is 0 Å². The van der Waals surface area contributed by atoms with Crippen LogP contribution in [0.2, 0.25) is 0 Å². The Morgan fingerprint density at radius 1 is 1.16 bits per heavy atom. The van der Waals surface area contributed by atoms with Gasteiger partial charge >= 0.3 is 5.97 Å². The molecule has 0 bridgehead atoms. The van der Waals surface area contributed by atoms with Crippen LogP contribution in [0.15, 0.2) is 36.4 Å². The largest absolute Gasteiger partial charge is 0.507 e. The lowest BCUT2D eigenvalue weighted by Crippen LogP contribution is -2.18. The summed E-state index contributed by atoms with van der Waals surface area (Å²) in [5.41, 5.74) is 2.90. The summed E-state index contributed by atoms with van der Waals surface area (Å²) in [5, 5.41) is 10.4. The summed E-state index contributed by atoms with van der Waals surface area (Å²) < 4.78 is 5.51. The molecule has 25 heavy (non-hydrogen) atoms. The molecule has 0 aromatic heterocycles. The summed E-state index contributed by atoms with van der Waals surface area (Å²) in [4.78, 5) is 12.6. The number of carbonyl (C=O) groups is 1. The molecule has 0 fully saturated rings. The fraction of sp³-hybridized carbons (Fsp3) is 0.409. The van der Waals surface area contributed by atoms with Crippen molar-refractivity contribution in [3.8, 4) is 11.5 Å². The first-order chi connectivity index (χ1) is 11.7. The van der Waals surface area contributed by atoms with E-state index in [2.05, 4.69) is 34.6 Å². The number of aryl methyl sites for hydroxylation is 1. The lowest BCUT2D eigenvalue weighted by atomic mass is 9.80. The standard InChI is InChI=1S/C22H28O3/c1-7-22(5,6)19-13-17(12-15(4)20(19)23)21(24)25-18-10-8-16(9-11-18)14(2)3/h8-14,23H,7H2,1-6H3. The highest BCUT2D eigenvalue weighted by Crippen LogP contribution is 2.36. The van der Waals surface area contributed by atoms with Crippen molar-refractivity contribution < 1.29 is 14.6 Å². The average Bonchev–Trinajstić information content (AvgIpc) is 2.57. The number of phenols is 1. The van der Waals surface area contributed by atoms with Crippen LogP contribution in [-0.4, -0.2) is 11.1 Å². The molecule has 0 saturated heterocycles. The summed E-state index contributed by atoms with van der Waals surface area (Å²) >= 11 is 0. The molecule has 3 nitrogen and oxygen atoms in total. The second kappa shape index (κ2) is 7.30. The van der Waals surface area contributed by atoms with Gasteiger partial charge in [-0.05, 0) is 60.1 Å². The third-order valence-corrected chi connectivity index (χ3v) is 4.91. The lowest BCUT2D eigenvalue weighted by Gasteiger charge is -2.25. The van der Waals surface area contributed by atoms with Crippen molar-refractivity contribution >= 4 is 5.97 Å². The molecule has 134 valence electrons. The van der Waals surface area contributed by atoms with Crippen LogP contribution >= 0.6 is 0 Å². The molecule has 0 unspecified atom stereocenters. The quantitative estimate of drug-likeness (QED) is 0.558. The van der Waals surface area contributed by atoms with Crippen molar-refractivity contribution in [2.45, 2.75) is 59.3 Å². The Hall–Kier alpha value is -2.29. The minimum Gasteiger partial charge on any atom is -0.507 e. The Morgan fingerprint density at radius 3 is 2.28 bits per heavy atom. The first kappa shape index (κ1) is 19.0. The van der Waals surface area contributed by atoms with Gasteiger partial charge in [0.25, 0.3) is 0 Å². The van der Waals surface area contributed by atoms with Gasteiger partial charge in [-0.1, -0.05) is 46.8 Å². The minimum atomic E-state index is -0.409. The third kappa shape index (κ3) is 4.22. The molecule has 0 radical (unpaired) electrons. The topological polar surface area (TPSA) is 46.5 Å². The van der Waals surface area contributed by atoms with Gasteiger partial charge in [-0.3, -0.25) is 0 Å². The number of carbonyl (C=O) groups excluding carboxylic acids is 1. The van der Waals surface area contributed by atoms with Crippen molar-refractivity contribution in [1.82, 2.24) is 0 Å². The predicted molar refractivity (Wildman–Crippen MR) is 102 cm³/mol. The molecule has 0 saturated carbocycles. The summed E-state index contributed by atoms with van der Waals surface area (Å²) in [6.07, 6.45) is 0.856. The maximum absolute atomic E-state index is 12.6. The van der Waals surface area contributed by atoms with Crippen molar-refractivity contribution in [2.75, 3.05) is 0 Å². The maximum Gasteiger partial charge on any atom is 0.343 e. The van der Waals surface area contributed by atoms with E-state index in [1.54, 1.807) is 19.1 Å². The van der Waals surface area contributed by atoms with Gasteiger partial charge < -0.3 is 9.84 Å². The van der Waals surface area contributed by atoms with E-state index < -0.39 is 5.97 Å². The van der Waals surface area contributed by atoms with Crippen LogP contribution in [0.1, 0.15) is 74.0 Å². The molecule has 0 amide bonds. The van der Waals surface area contributed by atoms with E-state index in [4.69, 9.17) is 4.74 Å². The lowest BCUT2D eigenvalue weighted by molar-refractivity contribution is 0.0734. The summed E-state index contributed by atoms with van der Waals surface area (Å²) in [6, 6.07) is 11.0. The normalized spacial score (nSPS) is 11.6. The molecule has 1 N–H and O–H groups in total. The number of aromatic hydroxyl groups is 1. The zero-order valence-corrected chi connectivity index (χ0v) is 16.0. The van der Waals surface area contributed by atoms with Crippen molar-refractivity contribution in [1.29, 1.82) is 0 Å². The van der Waals surface area contributed by atoms with Crippen molar-refractivity contribution in [3.05, 3.63) is 58.7 Å². The minimum absolute atomic E-state index is 0.218. The molecule has 2 aromatic rings. The van der Waals surface area contributed by atoms with Gasteiger partial charge in [-0.25, -0.2) is 4.79 Å². The van der Waals surface area contributed by atoms with Crippen LogP contribution in [0.25, 0.3) is 0 Å². The number of esters is 1. The second-order valence-corrected chi connectivity index (χ2v) is 7.54. The van der Waals surface area contributed by atoms with E-state index in [-0.39, 0.29) is 11.2 Å². The molecule has 0 heterocycles. The smallest absolute Gasteiger partial charge is 0.343 e. The van der Waals surface area contributed by atoms with E-state index in [0.29, 0.717) is 22.8 Å².